The van der Waals surface area contributed by atoms with Crippen LogP contribution in [0.1, 0.15) is 42.7 Å². The maximum absolute atomic E-state index is 13.5. The first-order valence-corrected chi connectivity index (χ1v) is 11.6. The molecule has 33 heavy (non-hydrogen) atoms. The van der Waals surface area contributed by atoms with Crippen molar-refractivity contribution in [1.82, 2.24) is 4.90 Å². The zero-order chi connectivity index (χ0) is 23.0. The van der Waals surface area contributed by atoms with Crippen LogP contribution in [0.4, 0.5) is 10.5 Å². The number of carbonyl (C=O) groups excluding carboxylic acids is 1. The van der Waals surface area contributed by atoms with Crippen molar-refractivity contribution >= 4 is 11.7 Å². The van der Waals surface area contributed by atoms with Gasteiger partial charge in [-0.1, -0.05) is 60.7 Å². The molecular formula is C28H32N2O3. The average molecular weight is 445 g/mol. The molecule has 0 aliphatic heterocycles. The second-order valence-electron chi connectivity index (χ2n) is 8.53. The molecule has 1 fully saturated rings. The number of anilines is 1. The molecule has 3 aromatic rings. The Hall–Kier alpha value is -3.47. The highest BCUT2D eigenvalue weighted by atomic mass is 16.5. The van der Waals surface area contributed by atoms with Crippen molar-refractivity contribution in [2.24, 2.45) is 0 Å². The quantitative estimate of drug-likeness (QED) is 0.455. The lowest BCUT2D eigenvalue weighted by Crippen LogP contribution is -2.44. The van der Waals surface area contributed by atoms with Crippen molar-refractivity contribution in [1.29, 1.82) is 0 Å². The Bertz CT molecular complexity index is 1030. The largest absolute Gasteiger partial charge is 0.497 e. The Morgan fingerprint density at radius 3 is 2.18 bits per heavy atom. The summed E-state index contributed by atoms with van der Waals surface area (Å²) in [5.41, 5.74) is 3.16. The average Bonchev–Trinajstić information content (AvgIpc) is 2.88. The van der Waals surface area contributed by atoms with Gasteiger partial charge in [0.2, 0.25) is 0 Å². The van der Waals surface area contributed by atoms with Gasteiger partial charge in [0.15, 0.2) is 0 Å². The Kier molecular flexibility index (Phi) is 7.51. The number of rotatable bonds is 7. The monoisotopic (exact) mass is 444 g/mol. The van der Waals surface area contributed by atoms with E-state index in [1.807, 2.05) is 35.2 Å². The normalized spacial score (nSPS) is 17.8. The summed E-state index contributed by atoms with van der Waals surface area (Å²) >= 11 is 0. The number of nitrogens with one attached hydrogen (secondary N) is 1. The van der Waals surface area contributed by atoms with Crippen molar-refractivity contribution < 1.29 is 14.3 Å². The molecule has 0 heterocycles. The Balaban J connectivity index is 1.51. The first kappa shape index (κ1) is 22.7. The molecule has 1 aliphatic rings. The molecule has 0 atom stereocenters. The second-order valence-corrected chi connectivity index (χ2v) is 8.53. The standard InChI is InChI=1S/C28H32N2O3/c1-32-25-17-18-26(27(19-25)33-2)29-28(31)30(20-21-9-5-3-6-10-21)24-15-13-23(14-16-24)22-11-7-4-8-12-22/h3-12,17-19,23-24H,13-16,20H2,1-2H3,(H,29,31)/t23-,24-. The predicted molar refractivity (Wildman–Crippen MR) is 132 cm³/mol. The summed E-state index contributed by atoms with van der Waals surface area (Å²) in [6.45, 7) is 0.575. The van der Waals surface area contributed by atoms with Crippen LogP contribution in [0.3, 0.4) is 0 Å². The number of carbonyl (C=O) groups is 1. The van der Waals surface area contributed by atoms with Crippen molar-refractivity contribution in [2.45, 2.75) is 44.2 Å². The van der Waals surface area contributed by atoms with Crippen molar-refractivity contribution in [3.8, 4) is 11.5 Å². The fourth-order valence-electron chi connectivity index (χ4n) is 4.68. The molecule has 0 radical (unpaired) electrons. The minimum atomic E-state index is -0.106. The zero-order valence-electron chi connectivity index (χ0n) is 19.4. The molecule has 4 rings (SSSR count). The maximum Gasteiger partial charge on any atom is 0.322 e. The van der Waals surface area contributed by atoms with E-state index in [-0.39, 0.29) is 12.1 Å². The van der Waals surface area contributed by atoms with E-state index < -0.39 is 0 Å². The van der Waals surface area contributed by atoms with Gasteiger partial charge in [-0.15, -0.1) is 0 Å². The van der Waals surface area contributed by atoms with E-state index in [9.17, 15) is 4.79 Å². The molecule has 0 aromatic heterocycles. The number of hydrogen-bond acceptors (Lipinski definition) is 3. The zero-order valence-corrected chi connectivity index (χ0v) is 19.4. The van der Waals surface area contributed by atoms with Gasteiger partial charge in [0, 0.05) is 18.7 Å². The summed E-state index contributed by atoms with van der Waals surface area (Å²) in [5, 5.41) is 3.08. The van der Waals surface area contributed by atoms with Crippen LogP contribution in [0.5, 0.6) is 11.5 Å². The maximum atomic E-state index is 13.5. The molecule has 1 saturated carbocycles. The van der Waals surface area contributed by atoms with Gasteiger partial charge in [-0.25, -0.2) is 4.79 Å². The highest BCUT2D eigenvalue weighted by molar-refractivity contribution is 5.91. The highest BCUT2D eigenvalue weighted by Crippen LogP contribution is 2.36. The Morgan fingerprint density at radius 1 is 0.879 bits per heavy atom. The minimum Gasteiger partial charge on any atom is -0.497 e. The van der Waals surface area contributed by atoms with Crippen LogP contribution < -0.4 is 14.8 Å². The number of hydrogen-bond donors (Lipinski definition) is 1. The van der Waals surface area contributed by atoms with Gasteiger partial charge >= 0.3 is 6.03 Å². The molecule has 1 aliphatic carbocycles. The van der Waals surface area contributed by atoms with Crippen LogP contribution in [0.15, 0.2) is 78.9 Å². The number of benzene rings is 3. The van der Waals surface area contributed by atoms with Crippen LogP contribution >= 0.6 is 0 Å². The number of nitrogens with zero attached hydrogens (tertiary/aromatic N) is 1. The fourth-order valence-corrected chi connectivity index (χ4v) is 4.68. The van der Waals surface area contributed by atoms with Crippen LogP contribution in [0.25, 0.3) is 0 Å². The van der Waals surface area contributed by atoms with Crippen molar-refractivity contribution in [2.75, 3.05) is 19.5 Å². The summed E-state index contributed by atoms with van der Waals surface area (Å²) in [7, 11) is 3.21. The summed E-state index contributed by atoms with van der Waals surface area (Å²) in [5.74, 6) is 1.83. The Morgan fingerprint density at radius 2 is 1.55 bits per heavy atom. The van der Waals surface area contributed by atoms with E-state index in [0.717, 1.165) is 31.2 Å². The molecule has 1 N–H and O–H groups in total. The van der Waals surface area contributed by atoms with E-state index in [4.69, 9.17) is 9.47 Å². The van der Waals surface area contributed by atoms with Gasteiger partial charge in [0.1, 0.15) is 11.5 Å². The molecule has 5 nitrogen and oxygen atoms in total. The molecule has 172 valence electrons. The predicted octanol–water partition coefficient (Wildman–Crippen LogP) is 6.46. The first-order valence-electron chi connectivity index (χ1n) is 11.6. The number of ether oxygens (including phenoxy) is 2. The molecule has 0 bridgehead atoms. The van der Waals surface area contributed by atoms with Crippen molar-refractivity contribution in [3.63, 3.8) is 0 Å². The van der Waals surface area contributed by atoms with E-state index in [1.165, 1.54) is 5.56 Å². The second kappa shape index (κ2) is 10.9. The third-order valence-corrected chi connectivity index (χ3v) is 6.52. The summed E-state index contributed by atoms with van der Waals surface area (Å²) in [6, 6.07) is 26.4. The number of amides is 2. The molecule has 5 heteroatoms. The molecule has 0 saturated heterocycles. The lowest BCUT2D eigenvalue weighted by Gasteiger charge is -2.37. The van der Waals surface area contributed by atoms with Gasteiger partial charge < -0.3 is 19.7 Å². The molecule has 3 aromatic carbocycles. The first-order chi connectivity index (χ1) is 16.2. The van der Waals surface area contributed by atoms with Crippen LogP contribution in [0, 0.1) is 0 Å². The van der Waals surface area contributed by atoms with Gasteiger partial charge in [-0.05, 0) is 54.9 Å². The third kappa shape index (κ3) is 5.67. The lowest BCUT2D eigenvalue weighted by molar-refractivity contribution is 0.158. The molecule has 2 amide bonds. The molecule has 0 spiro atoms. The summed E-state index contributed by atoms with van der Waals surface area (Å²) in [6.07, 6.45) is 4.14. The lowest BCUT2D eigenvalue weighted by atomic mass is 9.81. The van der Waals surface area contributed by atoms with Crippen molar-refractivity contribution in [3.05, 3.63) is 90.0 Å². The summed E-state index contributed by atoms with van der Waals surface area (Å²) < 4.78 is 10.8. The van der Waals surface area contributed by atoms with Crippen LogP contribution in [-0.2, 0) is 6.54 Å². The van der Waals surface area contributed by atoms with Gasteiger partial charge in [0.05, 0.1) is 19.9 Å². The highest BCUT2D eigenvalue weighted by Gasteiger charge is 2.30. The SMILES string of the molecule is COc1ccc(NC(=O)N(Cc2ccccc2)[C@H]2CC[C@H](c3ccccc3)CC2)c(OC)c1. The fraction of sp³-hybridized carbons (Fsp3) is 0.321. The topological polar surface area (TPSA) is 50.8 Å². The summed E-state index contributed by atoms with van der Waals surface area (Å²) in [4.78, 5) is 15.5. The van der Waals surface area contributed by atoms with Crippen LogP contribution in [-0.4, -0.2) is 31.2 Å². The Labute approximate surface area is 196 Å². The van der Waals surface area contributed by atoms with E-state index in [2.05, 4.69) is 47.8 Å². The van der Waals surface area contributed by atoms with E-state index >= 15 is 0 Å². The third-order valence-electron chi connectivity index (χ3n) is 6.52. The number of urea groups is 1. The molecular weight excluding hydrogens is 412 g/mol. The van der Waals surface area contributed by atoms with Gasteiger partial charge in [0.25, 0.3) is 0 Å². The van der Waals surface area contributed by atoms with Crippen LogP contribution in [0.2, 0.25) is 0 Å². The number of methoxy groups -OCH3 is 2. The molecule has 0 unspecified atom stereocenters. The van der Waals surface area contributed by atoms with Gasteiger partial charge in [-0.3, -0.25) is 0 Å². The van der Waals surface area contributed by atoms with E-state index in [1.54, 1.807) is 20.3 Å². The smallest absolute Gasteiger partial charge is 0.322 e. The van der Waals surface area contributed by atoms with Gasteiger partial charge in [-0.2, -0.15) is 0 Å². The minimum absolute atomic E-state index is 0.106. The van der Waals surface area contributed by atoms with E-state index in [0.29, 0.717) is 29.6 Å².